The maximum absolute atomic E-state index is 11.9. The van der Waals surface area contributed by atoms with E-state index >= 15 is 0 Å². The molecule has 1 N–H and O–H groups in total. The maximum atomic E-state index is 11.9. The lowest BCUT2D eigenvalue weighted by Crippen LogP contribution is -2.38. The summed E-state index contributed by atoms with van der Waals surface area (Å²) in [6, 6.07) is 0. The van der Waals surface area contributed by atoms with E-state index in [9.17, 15) is 13.2 Å². The highest BCUT2D eigenvalue weighted by atomic mass is 32.2. The predicted octanol–water partition coefficient (Wildman–Crippen LogP) is 0.284. The van der Waals surface area contributed by atoms with Crippen molar-refractivity contribution in [1.82, 2.24) is 4.72 Å². The Kier molecular flexibility index (Phi) is 4.01. The molecule has 0 aromatic rings. The zero-order valence-electron chi connectivity index (χ0n) is 11.4. The zero-order chi connectivity index (χ0) is 14.2. The summed E-state index contributed by atoms with van der Waals surface area (Å²) in [5, 5.41) is 0. The standard InChI is InChI=1S/C13H21NO5S/c15-13(11-6-9-5-10(9)7-11)14-20(16,17)4-1-12-8-18-2-3-19-12/h9-12H,1-8H2,(H,14,15)/t9-,10+,11?,12?. The van der Waals surface area contributed by atoms with E-state index in [2.05, 4.69) is 4.72 Å². The van der Waals surface area contributed by atoms with Crippen molar-refractivity contribution < 1.29 is 22.7 Å². The second kappa shape index (κ2) is 5.61. The molecular weight excluding hydrogens is 282 g/mol. The molecule has 7 heteroatoms. The normalized spacial score (nSPS) is 36.4. The van der Waals surface area contributed by atoms with E-state index in [0.29, 0.717) is 38.1 Å². The van der Waals surface area contributed by atoms with Crippen molar-refractivity contribution in [2.45, 2.75) is 31.8 Å². The number of amides is 1. The zero-order valence-corrected chi connectivity index (χ0v) is 12.2. The third-order valence-electron chi connectivity index (χ3n) is 4.46. The van der Waals surface area contributed by atoms with Crippen molar-refractivity contribution >= 4 is 15.9 Å². The topological polar surface area (TPSA) is 81.7 Å². The van der Waals surface area contributed by atoms with Gasteiger partial charge >= 0.3 is 0 Å². The highest BCUT2D eigenvalue weighted by Gasteiger charge is 2.48. The number of nitrogens with one attached hydrogen (secondary N) is 1. The molecule has 3 fully saturated rings. The SMILES string of the molecule is O=C(NS(=O)(=O)CCC1COCCO1)C1C[C@@H]2C[C@@H]2C1. The maximum Gasteiger partial charge on any atom is 0.236 e. The lowest BCUT2D eigenvalue weighted by molar-refractivity contribution is -0.123. The van der Waals surface area contributed by atoms with Gasteiger partial charge in [0.1, 0.15) is 0 Å². The summed E-state index contributed by atoms with van der Waals surface area (Å²) in [5.74, 6) is 0.815. The van der Waals surface area contributed by atoms with Crippen LogP contribution in [0.3, 0.4) is 0 Å². The fourth-order valence-electron chi connectivity index (χ4n) is 3.21. The Labute approximate surface area is 119 Å². The van der Waals surface area contributed by atoms with Gasteiger partial charge in [0, 0.05) is 5.92 Å². The van der Waals surface area contributed by atoms with Crippen LogP contribution in [0.25, 0.3) is 0 Å². The summed E-state index contributed by atoms with van der Waals surface area (Å²) in [5.41, 5.74) is 0. The van der Waals surface area contributed by atoms with E-state index in [-0.39, 0.29) is 23.7 Å². The third-order valence-corrected chi connectivity index (χ3v) is 5.75. The quantitative estimate of drug-likeness (QED) is 0.789. The van der Waals surface area contributed by atoms with Crippen LogP contribution in [0.5, 0.6) is 0 Å². The minimum absolute atomic E-state index is 0.0909. The molecule has 20 heavy (non-hydrogen) atoms. The van der Waals surface area contributed by atoms with Gasteiger partial charge in [0.25, 0.3) is 0 Å². The molecular formula is C13H21NO5S. The van der Waals surface area contributed by atoms with Gasteiger partial charge in [0.15, 0.2) is 0 Å². The molecule has 0 radical (unpaired) electrons. The van der Waals surface area contributed by atoms with E-state index in [1.54, 1.807) is 0 Å². The number of ether oxygens (including phenoxy) is 2. The number of hydrogen-bond acceptors (Lipinski definition) is 5. The van der Waals surface area contributed by atoms with Crippen molar-refractivity contribution in [2.24, 2.45) is 17.8 Å². The lowest BCUT2D eigenvalue weighted by atomic mass is 10.0. The summed E-state index contributed by atoms with van der Waals surface area (Å²) < 4.78 is 36.6. The van der Waals surface area contributed by atoms with Gasteiger partial charge in [-0.2, -0.15) is 0 Å². The average molecular weight is 303 g/mol. The fraction of sp³-hybridized carbons (Fsp3) is 0.923. The second-order valence-corrected chi connectivity index (χ2v) is 7.91. The van der Waals surface area contributed by atoms with Crippen LogP contribution in [0, 0.1) is 17.8 Å². The summed E-state index contributed by atoms with van der Waals surface area (Å²) in [6.07, 6.45) is 3.10. The van der Waals surface area contributed by atoms with Crippen LogP contribution in [0.4, 0.5) is 0 Å². The first kappa shape index (κ1) is 14.3. The number of hydrogen-bond donors (Lipinski definition) is 1. The molecule has 114 valence electrons. The molecule has 0 aromatic heterocycles. The summed E-state index contributed by atoms with van der Waals surface area (Å²) >= 11 is 0. The number of carbonyl (C=O) groups excluding carboxylic acids is 1. The number of rotatable bonds is 5. The highest BCUT2D eigenvalue weighted by Crippen LogP contribution is 2.54. The third kappa shape index (κ3) is 3.51. The molecule has 1 heterocycles. The van der Waals surface area contributed by atoms with Crippen LogP contribution in [0.15, 0.2) is 0 Å². The molecule has 2 saturated carbocycles. The Balaban J connectivity index is 1.44. The van der Waals surface area contributed by atoms with Gasteiger partial charge in [-0.3, -0.25) is 9.52 Å². The molecule has 1 aliphatic heterocycles. The first-order valence-corrected chi connectivity index (χ1v) is 8.92. The van der Waals surface area contributed by atoms with Crippen LogP contribution >= 0.6 is 0 Å². The number of carbonyl (C=O) groups is 1. The molecule has 6 nitrogen and oxygen atoms in total. The predicted molar refractivity (Wildman–Crippen MR) is 71.4 cm³/mol. The van der Waals surface area contributed by atoms with Crippen molar-refractivity contribution in [3.63, 3.8) is 0 Å². The second-order valence-electron chi connectivity index (χ2n) is 6.07. The molecule has 2 aliphatic carbocycles. The molecule has 2 unspecified atom stereocenters. The summed E-state index contributed by atoms with van der Waals surface area (Å²) in [4.78, 5) is 11.9. The first-order chi connectivity index (χ1) is 9.53. The van der Waals surface area contributed by atoms with Crippen LogP contribution in [-0.4, -0.2) is 46.0 Å². The van der Waals surface area contributed by atoms with E-state index < -0.39 is 10.0 Å². The van der Waals surface area contributed by atoms with Crippen LogP contribution in [0.2, 0.25) is 0 Å². The van der Waals surface area contributed by atoms with E-state index in [0.717, 1.165) is 12.8 Å². The molecule has 0 bridgehead atoms. The van der Waals surface area contributed by atoms with Gasteiger partial charge < -0.3 is 9.47 Å². The lowest BCUT2D eigenvalue weighted by Gasteiger charge is -2.22. The molecule has 0 spiro atoms. The molecule has 0 aromatic carbocycles. The summed E-state index contributed by atoms with van der Waals surface area (Å²) in [6.45, 7) is 1.49. The Bertz CT molecular complexity index is 461. The Hall–Kier alpha value is -0.660. The minimum atomic E-state index is -3.56. The van der Waals surface area contributed by atoms with Gasteiger partial charge in [-0.1, -0.05) is 0 Å². The number of fused-ring (bicyclic) bond motifs is 1. The fourth-order valence-corrected chi connectivity index (χ4v) is 4.35. The Morgan fingerprint density at radius 1 is 1.15 bits per heavy atom. The smallest absolute Gasteiger partial charge is 0.236 e. The molecule has 3 rings (SSSR count). The van der Waals surface area contributed by atoms with Crippen LogP contribution < -0.4 is 4.72 Å². The van der Waals surface area contributed by atoms with Gasteiger partial charge in [0.2, 0.25) is 15.9 Å². The van der Waals surface area contributed by atoms with E-state index in [1.165, 1.54) is 6.42 Å². The average Bonchev–Trinajstić information content (AvgIpc) is 3.04. The van der Waals surface area contributed by atoms with Crippen molar-refractivity contribution in [3.8, 4) is 0 Å². The minimum Gasteiger partial charge on any atom is -0.376 e. The van der Waals surface area contributed by atoms with Crippen molar-refractivity contribution in [2.75, 3.05) is 25.6 Å². The highest BCUT2D eigenvalue weighted by molar-refractivity contribution is 7.90. The van der Waals surface area contributed by atoms with Gasteiger partial charge in [-0.05, 0) is 37.5 Å². The molecule has 3 aliphatic rings. The van der Waals surface area contributed by atoms with Gasteiger partial charge in [-0.15, -0.1) is 0 Å². The summed E-state index contributed by atoms with van der Waals surface area (Å²) in [7, 11) is -3.56. The van der Waals surface area contributed by atoms with Crippen molar-refractivity contribution in [3.05, 3.63) is 0 Å². The Morgan fingerprint density at radius 2 is 1.90 bits per heavy atom. The molecule has 4 atom stereocenters. The van der Waals surface area contributed by atoms with Gasteiger partial charge in [0.05, 0.1) is 31.7 Å². The molecule has 1 saturated heterocycles. The Morgan fingerprint density at radius 3 is 2.55 bits per heavy atom. The van der Waals surface area contributed by atoms with E-state index in [1.807, 2.05) is 0 Å². The largest absolute Gasteiger partial charge is 0.376 e. The first-order valence-electron chi connectivity index (χ1n) is 7.27. The number of sulfonamides is 1. The van der Waals surface area contributed by atoms with Crippen molar-refractivity contribution in [1.29, 1.82) is 0 Å². The van der Waals surface area contributed by atoms with Crippen LogP contribution in [0.1, 0.15) is 25.7 Å². The monoisotopic (exact) mass is 303 g/mol. The molecule has 1 amide bonds. The van der Waals surface area contributed by atoms with E-state index in [4.69, 9.17) is 9.47 Å². The van der Waals surface area contributed by atoms with Gasteiger partial charge in [-0.25, -0.2) is 8.42 Å². The van der Waals surface area contributed by atoms with Crippen LogP contribution in [-0.2, 0) is 24.3 Å².